The summed E-state index contributed by atoms with van der Waals surface area (Å²) in [4.78, 5) is 2.52. The van der Waals surface area contributed by atoms with Crippen LogP contribution in [0.2, 0.25) is 36.3 Å². The van der Waals surface area contributed by atoms with E-state index in [1.54, 1.807) is 0 Å². The number of hydrogen-bond acceptors (Lipinski definition) is 4. The highest BCUT2D eigenvalue weighted by Crippen LogP contribution is 2.44. The standard InChI is InChI=1S/C20H43NO3Si2/c1-19(2,3)25(7,8)23-17-14-21-12-11-15(22)13-16(21)18(17)24-26(9,10)20(4,5)6/h15-18,22H,11-14H2,1-10H3/t15-,16+,17+,18+/m1/s1. The van der Waals surface area contributed by atoms with Crippen LogP contribution in [0.15, 0.2) is 0 Å². The van der Waals surface area contributed by atoms with Crippen LogP contribution >= 0.6 is 0 Å². The number of rotatable bonds is 4. The molecule has 0 bridgehead atoms. The van der Waals surface area contributed by atoms with Crippen LogP contribution in [0.4, 0.5) is 0 Å². The van der Waals surface area contributed by atoms with Crippen LogP contribution in [0.25, 0.3) is 0 Å². The number of fused-ring (bicyclic) bond motifs is 1. The predicted molar refractivity (Wildman–Crippen MR) is 115 cm³/mol. The summed E-state index contributed by atoms with van der Waals surface area (Å²) in [7, 11) is -3.77. The van der Waals surface area contributed by atoms with Gasteiger partial charge >= 0.3 is 0 Å². The molecule has 154 valence electrons. The molecule has 0 aromatic rings. The fourth-order valence-electron chi connectivity index (χ4n) is 3.51. The third-order valence-corrected chi connectivity index (χ3v) is 16.4. The van der Waals surface area contributed by atoms with Gasteiger partial charge in [-0.25, -0.2) is 0 Å². The maximum absolute atomic E-state index is 10.3. The average molecular weight is 402 g/mol. The van der Waals surface area contributed by atoms with Crippen LogP contribution in [0.5, 0.6) is 0 Å². The number of aliphatic hydroxyl groups excluding tert-OH is 1. The molecular weight excluding hydrogens is 358 g/mol. The van der Waals surface area contributed by atoms with Gasteiger partial charge in [0.1, 0.15) is 0 Å². The van der Waals surface area contributed by atoms with Gasteiger partial charge in [-0.2, -0.15) is 0 Å². The average Bonchev–Trinajstić information content (AvgIpc) is 2.73. The van der Waals surface area contributed by atoms with Gasteiger partial charge < -0.3 is 14.0 Å². The lowest BCUT2D eigenvalue weighted by Crippen LogP contribution is -2.54. The van der Waals surface area contributed by atoms with Crippen molar-refractivity contribution in [1.29, 1.82) is 0 Å². The fourth-order valence-corrected chi connectivity index (χ4v) is 6.17. The van der Waals surface area contributed by atoms with E-state index in [2.05, 4.69) is 72.6 Å². The Balaban J connectivity index is 2.27. The van der Waals surface area contributed by atoms with Crippen LogP contribution in [0.1, 0.15) is 54.4 Å². The van der Waals surface area contributed by atoms with Crippen molar-refractivity contribution in [2.24, 2.45) is 0 Å². The largest absolute Gasteiger partial charge is 0.410 e. The van der Waals surface area contributed by atoms with Gasteiger partial charge in [0.05, 0.1) is 18.3 Å². The molecule has 2 saturated heterocycles. The normalized spacial score (nSPS) is 32.0. The lowest BCUT2D eigenvalue weighted by molar-refractivity contribution is 0.0124. The highest BCUT2D eigenvalue weighted by molar-refractivity contribution is 6.74. The first kappa shape index (κ1) is 22.6. The Morgan fingerprint density at radius 3 is 1.88 bits per heavy atom. The molecule has 0 aliphatic carbocycles. The van der Waals surface area contributed by atoms with Crippen LogP contribution in [0, 0.1) is 0 Å². The molecule has 4 nitrogen and oxygen atoms in total. The monoisotopic (exact) mass is 401 g/mol. The fraction of sp³-hybridized carbons (Fsp3) is 1.00. The molecule has 6 heteroatoms. The molecule has 0 aromatic carbocycles. The van der Waals surface area contributed by atoms with E-state index < -0.39 is 16.6 Å². The number of nitrogens with zero attached hydrogens (tertiary/aromatic N) is 1. The number of aliphatic hydroxyl groups is 1. The second kappa shape index (κ2) is 7.27. The zero-order chi connectivity index (χ0) is 20.1. The Hall–Kier alpha value is 0.274. The minimum atomic E-state index is -1.90. The van der Waals surface area contributed by atoms with Gasteiger partial charge in [-0.3, -0.25) is 4.90 Å². The van der Waals surface area contributed by atoms with Crippen molar-refractivity contribution >= 4 is 16.6 Å². The van der Waals surface area contributed by atoms with Crippen molar-refractivity contribution in [3.63, 3.8) is 0 Å². The van der Waals surface area contributed by atoms with Crippen LogP contribution in [-0.2, 0) is 8.85 Å². The molecule has 0 spiro atoms. The highest BCUT2D eigenvalue weighted by atomic mass is 28.4. The van der Waals surface area contributed by atoms with Gasteiger partial charge in [0.15, 0.2) is 16.6 Å². The first-order valence-electron chi connectivity index (χ1n) is 10.3. The summed E-state index contributed by atoms with van der Waals surface area (Å²) in [5.74, 6) is 0. The van der Waals surface area contributed by atoms with Gasteiger partial charge in [0, 0.05) is 19.1 Å². The first-order chi connectivity index (χ1) is 11.6. The lowest BCUT2D eigenvalue weighted by Gasteiger charge is -2.44. The summed E-state index contributed by atoms with van der Waals surface area (Å²) in [6, 6.07) is 0.294. The van der Waals surface area contributed by atoms with Crippen LogP contribution in [-0.4, -0.2) is 64.1 Å². The summed E-state index contributed by atoms with van der Waals surface area (Å²) in [5.41, 5.74) is 0. The topological polar surface area (TPSA) is 41.9 Å². The molecule has 2 aliphatic heterocycles. The molecule has 4 atom stereocenters. The Morgan fingerprint density at radius 1 is 0.885 bits per heavy atom. The van der Waals surface area contributed by atoms with Gasteiger partial charge in [0.25, 0.3) is 0 Å². The Bertz CT molecular complexity index is 496. The maximum Gasteiger partial charge on any atom is 0.192 e. The van der Waals surface area contributed by atoms with Gasteiger partial charge in [-0.05, 0) is 49.1 Å². The molecule has 0 aromatic heterocycles. The minimum absolute atomic E-state index is 0.0833. The number of hydrogen-bond donors (Lipinski definition) is 1. The molecular formula is C20H43NO3Si2. The molecule has 1 N–H and O–H groups in total. The zero-order valence-electron chi connectivity index (χ0n) is 18.8. The highest BCUT2D eigenvalue weighted by Gasteiger charge is 2.52. The van der Waals surface area contributed by atoms with E-state index in [0.717, 1.165) is 25.9 Å². The van der Waals surface area contributed by atoms with E-state index in [1.807, 2.05) is 0 Å². The van der Waals surface area contributed by atoms with Crippen LogP contribution in [0.3, 0.4) is 0 Å². The summed E-state index contributed by atoms with van der Waals surface area (Å²) in [6.07, 6.45) is 1.70. The molecule has 2 rings (SSSR count). The first-order valence-corrected chi connectivity index (χ1v) is 16.1. The van der Waals surface area contributed by atoms with Crippen molar-refractivity contribution in [2.45, 2.75) is 115 Å². The zero-order valence-corrected chi connectivity index (χ0v) is 20.8. The van der Waals surface area contributed by atoms with Crippen molar-refractivity contribution in [1.82, 2.24) is 4.90 Å². The van der Waals surface area contributed by atoms with E-state index in [-0.39, 0.29) is 28.4 Å². The maximum atomic E-state index is 10.3. The molecule has 2 fully saturated rings. The van der Waals surface area contributed by atoms with Gasteiger partial charge in [0.2, 0.25) is 0 Å². The summed E-state index contributed by atoms with van der Waals surface area (Å²) < 4.78 is 13.8. The van der Waals surface area contributed by atoms with E-state index in [4.69, 9.17) is 8.85 Å². The van der Waals surface area contributed by atoms with E-state index >= 15 is 0 Å². The quantitative estimate of drug-likeness (QED) is 0.699. The molecule has 0 saturated carbocycles. The predicted octanol–water partition coefficient (Wildman–Crippen LogP) is 4.61. The Morgan fingerprint density at radius 2 is 1.38 bits per heavy atom. The summed E-state index contributed by atoms with van der Waals surface area (Å²) in [6.45, 7) is 25.0. The van der Waals surface area contributed by atoms with E-state index in [9.17, 15) is 5.11 Å². The SMILES string of the molecule is CC(C)(C)[Si](C)(C)O[C@@H]1[C@@H](O[Si](C)(C)C(C)(C)C)CN2CC[C@@H](O)C[C@@H]12. The molecule has 0 amide bonds. The van der Waals surface area contributed by atoms with Gasteiger partial charge in [-0.15, -0.1) is 0 Å². The minimum Gasteiger partial charge on any atom is -0.410 e. The summed E-state index contributed by atoms with van der Waals surface area (Å²) in [5, 5.41) is 10.6. The van der Waals surface area contributed by atoms with Crippen LogP contribution < -0.4 is 0 Å². The molecule has 2 aliphatic rings. The second-order valence-electron chi connectivity index (χ2n) is 11.5. The second-order valence-corrected chi connectivity index (χ2v) is 21.0. The smallest absolute Gasteiger partial charge is 0.192 e. The summed E-state index contributed by atoms with van der Waals surface area (Å²) >= 11 is 0. The number of piperidine rings is 1. The van der Waals surface area contributed by atoms with Crippen molar-refractivity contribution in [3.05, 3.63) is 0 Å². The lowest BCUT2D eigenvalue weighted by atomic mass is 9.98. The van der Waals surface area contributed by atoms with Crippen molar-refractivity contribution in [2.75, 3.05) is 13.1 Å². The third-order valence-electron chi connectivity index (χ3n) is 7.38. The Kier molecular flexibility index (Phi) is 6.30. The van der Waals surface area contributed by atoms with E-state index in [0.29, 0.717) is 6.04 Å². The molecule has 2 heterocycles. The molecule has 26 heavy (non-hydrogen) atoms. The molecule has 0 unspecified atom stereocenters. The molecule has 0 radical (unpaired) electrons. The Labute approximate surface area is 163 Å². The van der Waals surface area contributed by atoms with Gasteiger partial charge in [-0.1, -0.05) is 41.5 Å². The van der Waals surface area contributed by atoms with Crippen molar-refractivity contribution < 1.29 is 14.0 Å². The van der Waals surface area contributed by atoms with Crippen molar-refractivity contribution in [3.8, 4) is 0 Å². The third kappa shape index (κ3) is 4.63. The van der Waals surface area contributed by atoms with E-state index in [1.165, 1.54) is 0 Å².